The number of thioether (sulfide) groups is 1. The standard InChI is InChI=1S/C16H21NOS/c1-19-15-9-7-14(8-10-15)16(18)17-12-11-13-5-3-2-4-6-13/h5,7-10H,2-4,6,11-12H2,1H3,(H,17,18). The van der Waals surface area contributed by atoms with Crippen LogP contribution in [0, 0.1) is 0 Å². The summed E-state index contributed by atoms with van der Waals surface area (Å²) in [5.41, 5.74) is 2.25. The first-order chi connectivity index (χ1) is 9.29. The second-order valence-corrected chi connectivity index (χ2v) is 5.72. The van der Waals surface area contributed by atoms with Crippen molar-refractivity contribution in [1.29, 1.82) is 0 Å². The number of hydrogen-bond donors (Lipinski definition) is 1. The number of nitrogens with one attached hydrogen (secondary N) is 1. The lowest BCUT2D eigenvalue weighted by atomic mass is 9.97. The Balaban J connectivity index is 1.78. The van der Waals surface area contributed by atoms with Crippen molar-refractivity contribution in [2.45, 2.75) is 37.0 Å². The van der Waals surface area contributed by atoms with Gasteiger partial charge in [-0.05, 0) is 62.6 Å². The van der Waals surface area contributed by atoms with Gasteiger partial charge in [0.15, 0.2) is 0 Å². The summed E-state index contributed by atoms with van der Waals surface area (Å²) < 4.78 is 0. The molecule has 1 aliphatic rings. The normalized spacial score (nSPS) is 14.9. The minimum atomic E-state index is 0.0315. The molecule has 0 saturated carbocycles. The summed E-state index contributed by atoms with van der Waals surface area (Å²) in [6.07, 6.45) is 10.4. The molecular weight excluding hydrogens is 254 g/mol. The predicted molar refractivity (Wildman–Crippen MR) is 81.7 cm³/mol. The number of carbonyl (C=O) groups excluding carboxylic acids is 1. The number of carbonyl (C=O) groups is 1. The highest BCUT2D eigenvalue weighted by atomic mass is 32.2. The fraction of sp³-hybridized carbons (Fsp3) is 0.438. The third-order valence-electron chi connectivity index (χ3n) is 3.47. The lowest BCUT2D eigenvalue weighted by Crippen LogP contribution is -2.24. The quantitative estimate of drug-likeness (QED) is 0.649. The molecule has 2 rings (SSSR count). The molecule has 0 fully saturated rings. The van der Waals surface area contributed by atoms with Crippen LogP contribution in [0.4, 0.5) is 0 Å². The highest BCUT2D eigenvalue weighted by Crippen LogP contribution is 2.19. The van der Waals surface area contributed by atoms with E-state index in [1.807, 2.05) is 30.5 Å². The topological polar surface area (TPSA) is 29.1 Å². The summed E-state index contributed by atoms with van der Waals surface area (Å²) in [5.74, 6) is 0.0315. The number of rotatable bonds is 5. The predicted octanol–water partition coefficient (Wildman–Crippen LogP) is 4.03. The van der Waals surface area contributed by atoms with Gasteiger partial charge in [0.2, 0.25) is 0 Å². The third kappa shape index (κ3) is 4.43. The van der Waals surface area contributed by atoms with Crippen molar-refractivity contribution in [2.75, 3.05) is 12.8 Å². The average molecular weight is 275 g/mol. The molecule has 0 unspecified atom stereocenters. The Morgan fingerprint density at radius 2 is 2.05 bits per heavy atom. The van der Waals surface area contributed by atoms with E-state index in [1.165, 1.54) is 36.2 Å². The van der Waals surface area contributed by atoms with E-state index < -0.39 is 0 Å². The van der Waals surface area contributed by atoms with Crippen molar-refractivity contribution < 1.29 is 4.79 Å². The van der Waals surface area contributed by atoms with Gasteiger partial charge in [-0.15, -0.1) is 11.8 Å². The van der Waals surface area contributed by atoms with Crippen LogP contribution in [0.1, 0.15) is 42.5 Å². The van der Waals surface area contributed by atoms with E-state index in [9.17, 15) is 4.79 Å². The van der Waals surface area contributed by atoms with Gasteiger partial charge in [-0.25, -0.2) is 0 Å². The van der Waals surface area contributed by atoms with Crippen molar-refractivity contribution in [3.63, 3.8) is 0 Å². The molecular formula is C16H21NOS. The van der Waals surface area contributed by atoms with E-state index in [4.69, 9.17) is 0 Å². The molecule has 1 aromatic carbocycles. The lowest BCUT2D eigenvalue weighted by molar-refractivity contribution is 0.0954. The molecule has 0 aliphatic heterocycles. The van der Waals surface area contributed by atoms with Crippen LogP contribution in [-0.2, 0) is 0 Å². The molecule has 0 aromatic heterocycles. The van der Waals surface area contributed by atoms with E-state index in [0.29, 0.717) is 0 Å². The summed E-state index contributed by atoms with van der Waals surface area (Å²) >= 11 is 1.69. The molecule has 1 N–H and O–H groups in total. The van der Waals surface area contributed by atoms with E-state index in [2.05, 4.69) is 11.4 Å². The molecule has 0 atom stereocenters. The zero-order chi connectivity index (χ0) is 13.5. The number of hydrogen-bond acceptors (Lipinski definition) is 2. The summed E-state index contributed by atoms with van der Waals surface area (Å²) in [4.78, 5) is 13.1. The summed E-state index contributed by atoms with van der Waals surface area (Å²) in [5, 5.41) is 3.00. The highest BCUT2D eigenvalue weighted by molar-refractivity contribution is 7.98. The van der Waals surface area contributed by atoms with Crippen LogP contribution < -0.4 is 5.32 Å². The van der Waals surface area contributed by atoms with E-state index >= 15 is 0 Å². The Morgan fingerprint density at radius 1 is 1.26 bits per heavy atom. The van der Waals surface area contributed by atoms with Crippen LogP contribution in [0.15, 0.2) is 40.8 Å². The monoisotopic (exact) mass is 275 g/mol. The second-order valence-electron chi connectivity index (χ2n) is 4.84. The average Bonchev–Trinajstić information content (AvgIpc) is 2.48. The van der Waals surface area contributed by atoms with Crippen LogP contribution in [0.5, 0.6) is 0 Å². The Kier molecular flexibility index (Phi) is 5.52. The van der Waals surface area contributed by atoms with Crippen molar-refractivity contribution in [2.24, 2.45) is 0 Å². The van der Waals surface area contributed by atoms with Gasteiger partial charge in [-0.3, -0.25) is 4.79 Å². The zero-order valence-electron chi connectivity index (χ0n) is 11.4. The number of benzene rings is 1. The molecule has 3 heteroatoms. The molecule has 0 heterocycles. The Bertz CT molecular complexity index is 450. The maximum absolute atomic E-state index is 11.9. The van der Waals surface area contributed by atoms with Gasteiger partial charge in [0, 0.05) is 17.0 Å². The first-order valence-corrected chi connectivity index (χ1v) is 8.12. The molecule has 1 aromatic rings. The zero-order valence-corrected chi connectivity index (χ0v) is 12.3. The molecule has 19 heavy (non-hydrogen) atoms. The van der Waals surface area contributed by atoms with Crippen molar-refractivity contribution in [3.05, 3.63) is 41.5 Å². The lowest BCUT2D eigenvalue weighted by Gasteiger charge is -2.13. The minimum absolute atomic E-state index is 0.0315. The second kappa shape index (κ2) is 7.39. The highest BCUT2D eigenvalue weighted by Gasteiger charge is 2.06. The van der Waals surface area contributed by atoms with Crippen molar-refractivity contribution in [3.8, 4) is 0 Å². The Hall–Kier alpha value is -1.22. The van der Waals surface area contributed by atoms with Gasteiger partial charge >= 0.3 is 0 Å². The molecule has 0 bridgehead atoms. The summed E-state index contributed by atoms with van der Waals surface area (Å²) in [6.45, 7) is 0.745. The fourth-order valence-corrected chi connectivity index (χ4v) is 2.72. The van der Waals surface area contributed by atoms with E-state index in [1.54, 1.807) is 11.8 Å². The molecule has 2 nitrogen and oxygen atoms in total. The van der Waals surface area contributed by atoms with Gasteiger partial charge in [-0.2, -0.15) is 0 Å². The first kappa shape index (κ1) is 14.2. The van der Waals surface area contributed by atoms with Crippen molar-refractivity contribution >= 4 is 17.7 Å². The molecule has 1 amide bonds. The fourth-order valence-electron chi connectivity index (χ4n) is 2.31. The SMILES string of the molecule is CSc1ccc(C(=O)NCCC2=CCCCC2)cc1. The smallest absolute Gasteiger partial charge is 0.251 e. The molecule has 102 valence electrons. The van der Waals surface area contributed by atoms with Gasteiger partial charge in [-0.1, -0.05) is 11.6 Å². The Morgan fingerprint density at radius 3 is 2.68 bits per heavy atom. The number of allylic oxidation sites excluding steroid dienone is 1. The molecule has 0 spiro atoms. The van der Waals surface area contributed by atoms with Crippen molar-refractivity contribution in [1.82, 2.24) is 5.32 Å². The maximum atomic E-state index is 11.9. The van der Waals surface area contributed by atoms with E-state index in [-0.39, 0.29) is 5.91 Å². The van der Waals surface area contributed by atoms with Gasteiger partial charge in [0.25, 0.3) is 5.91 Å². The first-order valence-electron chi connectivity index (χ1n) is 6.90. The van der Waals surface area contributed by atoms with Crippen LogP contribution >= 0.6 is 11.8 Å². The van der Waals surface area contributed by atoms with Crippen LogP contribution in [0.25, 0.3) is 0 Å². The van der Waals surface area contributed by atoms with Gasteiger partial charge in [0.05, 0.1) is 0 Å². The molecule has 0 radical (unpaired) electrons. The molecule has 0 saturated heterocycles. The maximum Gasteiger partial charge on any atom is 0.251 e. The third-order valence-corrected chi connectivity index (χ3v) is 4.21. The van der Waals surface area contributed by atoms with Crippen LogP contribution in [0.3, 0.4) is 0 Å². The minimum Gasteiger partial charge on any atom is -0.352 e. The van der Waals surface area contributed by atoms with Gasteiger partial charge in [0.1, 0.15) is 0 Å². The van der Waals surface area contributed by atoms with Crippen LogP contribution in [0.2, 0.25) is 0 Å². The van der Waals surface area contributed by atoms with E-state index in [0.717, 1.165) is 18.5 Å². The Labute approximate surface area is 119 Å². The van der Waals surface area contributed by atoms with Crippen LogP contribution in [-0.4, -0.2) is 18.7 Å². The largest absolute Gasteiger partial charge is 0.352 e. The molecule has 1 aliphatic carbocycles. The summed E-state index contributed by atoms with van der Waals surface area (Å²) in [7, 11) is 0. The van der Waals surface area contributed by atoms with Gasteiger partial charge < -0.3 is 5.32 Å². The number of amides is 1. The summed E-state index contributed by atoms with van der Waals surface area (Å²) in [6, 6.07) is 7.76.